The molecule has 0 saturated carbocycles. The molecule has 0 spiro atoms. The first-order valence-electron chi connectivity index (χ1n) is 8.50. The summed E-state index contributed by atoms with van der Waals surface area (Å²) in [4.78, 5) is 14.3. The average Bonchev–Trinajstić information content (AvgIpc) is 2.58. The molecule has 5 nitrogen and oxygen atoms in total. The summed E-state index contributed by atoms with van der Waals surface area (Å²) in [5, 5.41) is 3.62. The van der Waals surface area contributed by atoms with E-state index in [1.807, 2.05) is 56.1 Å². The number of anilines is 1. The van der Waals surface area contributed by atoms with Gasteiger partial charge < -0.3 is 14.8 Å². The van der Waals surface area contributed by atoms with Crippen LogP contribution in [0.1, 0.15) is 22.3 Å². The summed E-state index contributed by atoms with van der Waals surface area (Å²) >= 11 is 6.20. The molecule has 1 amide bonds. The molecule has 3 rings (SSSR count). The Labute approximate surface area is 158 Å². The molecule has 138 valence electrons. The first-order valence-corrected chi connectivity index (χ1v) is 8.88. The number of aryl methyl sites for hydroxylation is 1. The van der Waals surface area contributed by atoms with E-state index in [1.54, 1.807) is 0 Å². The Hall–Kier alpha value is -2.08. The number of nitrogens with one attached hydrogen (secondary N) is 1. The third-order valence-corrected chi connectivity index (χ3v) is 4.70. The number of ether oxygens (including phenoxy) is 2. The number of rotatable bonds is 5. The van der Waals surface area contributed by atoms with Crippen molar-refractivity contribution in [2.45, 2.75) is 27.0 Å². The summed E-state index contributed by atoms with van der Waals surface area (Å²) in [6.45, 7) is 5.59. The second kappa shape index (κ2) is 8.08. The van der Waals surface area contributed by atoms with Crippen LogP contribution in [0, 0.1) is 13.8 Å². The second-order valence-electron chi connectivity index (χ2n) is 6.63. The third kappa shape index (κ3) is 4.36. The Balaban J connectivity index is 1.65. The molecule has 0 saturated heterocycles. The van der Waals surface area contributed by atoms with Crippen LogP contribution in [0.25, 0.3) is 0 Å². The fourth-order valence-corrected chi connectivity index (χ4v) is 3.31. The van der Waals surface area contributed by atoms with Gasteiger partial charge in [0.05, 0.1) is 13.2 Å². The molecule has 0 unspecified atom stereocenters. The molecule has 0 radical (unpaired) electrons. The zero-order valence-electron chi connectivity index (χ0n) is 15.3. The summed E-state index contributed by atoms with van der Waals surface area (Å²) in [7, 11) is 1.90. The highest BCUT2D eigenvalue weighted by atomic mass is 35.5. The van der Waals surface area contributed by atoms with Crippen molar-refractivity contribution in [3.8, 4) is 5.75 Å². The molecule has 1 aliphatic rings. The molecule has 1 heterocycles. The van der Waals surface area contributed by atoms with Crippen LogP contribution >= 0.6 is 11.6 Å². The molecule has 1 aliphatic heterocycles. The zero-order valence-corrected chi connectivity index (χ0v) is 16.0. The fraction of sp³-hybridized carbons (Fsp3) is 0.350. The SMILES string of the molecule is Cc1cccc(NC(=O)CN(C)Cc2cc(Cl)cc3c2OCOC3)c1C. The lowest BCUT2D eigenvalue weighted by Gasteiger charge is -2.24. The molecule has 2 aromatic rings. The van der Waals surface area contributed by atoms with Gasteiger partial charge in [-0.1, -0.05) is 23.7 Å². The van der Waals surface area contributed by atoms with E-state index in [-0.39, 0.29) is 19.2 Å². The van der Waals surface area contributed by atoms with E-state index >= 15 is 0 Å². The van der Waals surface area contributed by atoms with Crippen molar-refractivity contribution in [2.24, 2.45) is 0 Å². The van der Waals surface area contributed by atoms with Crippen molar-refractivity contribution in [3.05, 3.63) is 57.6 Å². The minimum absolute atomic E-state index is 0.0543. The maximum atomic E-state index is 12.4. The number of hydrogen-bond donors (Lipinski definition) is 1. The lowest BCUT2D eigenvalue weighted by molar-refractivity contribution is -0.117. The minimum atomic E-state index is -0.0543. The van der Waals surface area contributed by atoms with Crippen molar-refractivity contribution in [1.82, 2.24) is 4.90 Å². The van der Waals surface area contributed by atoms with Gasteiger partial charge in [0.2, 0.25) is 5.91 Å². The van der Waals surface area contributed by atoms with Crippen LogP contribution in [0.2, 0.25) is 5.02 Å². The van der Waals surface area contributed by atoms with E-state index in [2.05, 4.69) is 5.32 Å². The fourth-order valence-electron chi connectivity index (χ4n) is 3.04. The topological polar surface area (TPSA) is 50.8 Å². The quantitative estimate of drug-likeness (QED) is 0.862. The summed E-state index contributed by atoms with van der Waals surface area (Å²) < 4.78 is 10.9. The number of fused-ring (bicyclic) bond motifs is 1. The third-order valence-electron chi connectivity index (χ3n) is 4.48. The normalized spacial score (nSPS) is 13.3. The van der Waals surface area contributed by atoms with Gasteiger partial charge in [-0.05, 0) is 50.2 Å². The molecule has 0 aromatic heterocycles. The largest absolute Gasteiger partial charge is 0.467 e. The highest BCUT2D eigenvalue weighted by Gasteiger charge is 2.18. The molecule has 6 heteroatoms. The summed E-state index contributed by atoms with van der Waals surface area (Å²) in [5.74, 6) is 0.754. The minimum Gasteiger partial charge on any atom is -0.467 e. The van der Waals surface area contributed by atoms with Gasteiger partial charge in [0.25, 0.3) is 0 Å². The van der Waals surface area contributed by atoms with E-state index < -0.39 is 0 Å². The van der Waals surface area contributed by atoms with Gasteiger partial charge in [0.1, 0.15) is 5.75 Å². The molecule has 0 atom stereocenters. The van der Waals surface area contributed by atoms with Crippen molar-refractivity contribution < 1.29 is 14.3 Å². The van der Waals surface area contributed by atoms with Gasteiger partial charge in [0, 0.05) is 28.4 Å². The van der Waals surface area contributed by atoms with Crippen LogP contribution in [-0.2, 0) is 22.7 Å². The van der Waals surface area contributed by atoms with E-state index in [1.165, 1.54) is 0 Å². The number of carbonyl (C=O) groups is 1. The number of amides is 1. The van der Waals surface area contributed by atoms with Crippen LogP contribution < -0.4 is 10.1 Å². The number of likely N-dealkylation sites (N-methyl/N-ethyl adjacent to an activating group) is 1. The first-order chi connectivity index (χ1) is 12.4. The van der Waals surface area contributed by atoms with Crippen molar-refractivity contribution in [1.29, 1.82) is 0 Å². The molecule has 26 heavy (non-hydrogen) atoms. The van der Waals surface area contributed by atoms with Crippen molar-refractivity contribution in [2.75, 3.05) is 25.7 Å². The monoisotopic (exact) mass is 374 g/mol. The molecular weight excluding hydrogens is 352 g/mol. The Bertz CT molecular complexity index is 823. The number of carbonyl (C=O) groups excluding carboxylic acids is 1. The molecule has 0 aliphatic carbocycles. The highest BCUT2D eigenvalue weighted by molar-refractivity contribution is 6.30. The average molecular weight is 375 g/mol. The standard InChI is InChI=1S/C20H23ClN2O3/c1-13-5-4-6-18(14(13)2)22-19(24)10-23(3)9-15-7-17(21)8-16-11-25-12-26-20(15)16/h4-8H,9-12H2,1-3H3,(H,22,24). The maximum absolute atomic E-state index is 12.4. The van der Waals surface area contributed by atoms with Crippen LogP contribution in [0.4, 0.5) is 5.69 Å². The smallest absolute Gasteiger partial charge is 0.238 e. The molecule has 0 bridgehead atoms. The Morgan fingerprint density at radius 1 is 1.31 bits per heavy atom. The number of halogens is 1. The van der Waals surface area contributed by atoms with Gasteiger partial charge in [-0.3, -0.25) is 9.69 Å². The Morgan fingerprint density at radius 2 is 2.12 bits per heavy atom. The molecule has 0 fully saturated rings. The predicted octanol–water partition coefficient (Wildman–Crippen LogP) is 3.89. The van der Waals surface area contributed by atoms with Crippen LogP contribution in [-0.4, -0.2) is 31.2 Å². The van der Waals surface area contributed by atoms with Gasteiger partial charge >= 0.3 is 0 Å². The molecule has 1 N–H and O–H groups in total. The van der Waals surface area contributed by atoms with Crippen molar-refractivity contribution in [3.63, 3.8) is 0 Å². The van der Waals surface area contributed by atoms with E-state index in [0.29, 0.717) is 18.2 Å². The summed E-state index contributed by atoms with van der Waals surface area (Å²) in [6.07, 6.45) is 0. The summed E-state index contributed by atoms with van der Waals surface area (Å²) in [5.41, 5.74) is 4.98. The Morgan fingerprint density at radius 3 is 2.92 bits per heavy atom. The lowest BCUT2D eigenvalue weighted by atomic mass is 10.1. The van der Waals surface area contributed by atoms with Crippen LogP contribution in [0.3, 0.4) is 0 Å². The second-order valence-corrected chi connectivity index (χ2v) is 7.07. The van der Waals surface area contributed by atoms with Gasteiger partial charge in [0.15, 0.2) is 6.79 Å². The van der Waals surface area contributed by atoms with Gasteiger partial charge in [-0.2, -0.15) is 0 Å². The maximum Gasteiger partial charge on any atom is 0.238 e. The van der Waals surface area contributed by atoms with Gasteiger partial charge in [-0.15, -0.1) is 0 Å². The predicted molar refractivity (Wildman–Crippen MR) is 103 cm³/mol. The van der Waals surface area contributed by atoms with Crippen molar-refractivity contribution >= 4 is 23.2 Å². The Kier molecular flexibility index (Phi) is 5.81. The van der Waals surface area contributed by atoms with E-state index in [4.69, 9.17) is 21.1 Å². The van der Waals surface area contributed by atoms with E-state index in [9.17, 15) is 4.79 Å². The van der Waals surface area contributed by atoms with Crippen LogP contribution in [0.15, 0.2) is 30.3 Å². The molecule has 2 aromatic carbocycles. The zero-order chi connectivity index (χ0) is 18.7. The first kappa shape index (κ1) is 18.7. The highest BCUT2D eigenvalue weighted by Crippen LogP contribution is 2.32. The van der Waals surface area contributed by atoms with Crippen LogP contribution in [0.5, 0.6) is 5.75 Å². The number of benzene rings is 2. The summed E-state index contributed by atoms with van der Waals surface area (Å²) in [6, 6.07) is 9.63. The lowest BCUT2D eigenvalue weighted by Crippen LogP contribution is -2.30. The molecular formula is C20H23ClN2O3. The van der Waals surface area contributed by atoms with E-state index in [0.717, 1.165) is 33.7 Å². The number of hydrogen-bond acceptors (Lipinski definition) is 4. The number of nitrogens with zero attached hydrogens (tertiary/aromatic N) is 1. The van der Waals surface area contributed by atoms with Gasteiger partial charge in [-0.25, -0.2) is 0 Å².